The molecule has 0 aliphatic rings. The second-order valence-electron chi connectivity index (χ2n) is 11.0. The fourth-order valence-corrected chi connectivity index (χ4v) is 39.6. The van der Waals surface area contributed by atoms with Crippen molar-refractivity contribution < 1.29 is 0 Å². The molecule has 0 atom stereocenters. The van der Waals surface area contributed by atoms with Crippen LogP contribution in [0.4, 0.5) is 22.7 Å². The van der Waals surface area contributed by atoms with Crippen molar-refractivity contribution in [2.24, 2.45) is 0 Å². The summed E-state index contributed by atoms with van der Waals surface area (Å²) in [7, 11) is 3.86. The molecule has 47 heavy (non-hydrogen) atoms. The monoisotopic (exact) mass is 790 g/mol. The molecule has 0 saturated heterocycles. The summed E-state index contributed by atoms with van der Waals surface area (Å²) in [5.74, 6) is 0. The number of para-hydroxylation sites is 4. The number of hydrogen-bond acceptors (Lipinski definition) is 4. The van der Waals surface area contributed by atoms with E-state index in [2.05, 4.69) is 168 Å². The summed E-state index contributed by atoms with van der Waals surface area (Å²) < 4.78 is 3.61. The van der Waals surface area contributed by atoms with Gasteiger partial charge < -0.3 is 0 Å². The minimum atomic E-state index is -3.66. The number of hydrogen-bond donors (Lipinski definition) is 0. The maximum absolute atomic E-state index is 6.50. The van der Waals surface area contributed by atoms with Crippen LogP contribution >= 0.6 is 42.3 Å². The molecule has 0 aromatic heterocycles. The van der Waals surface area contributed by atoms with Crippen molar-refractivity contribution in [3.05, 3.63) is 193 Å². The van der Waals surface area contributed by atoms with Crippen LogP contribution in [-0.2, 0) is 8.87 Å². The Hall–Kier alpha value is -3.40. The van der Waals surface area contributed by atoms with Gasteiger partial charge in [0, 0.05) is 0 Å². The van der Waals surface area contributed by atoms with E-state index in [0.29, 0.717) is 0 Å². The van der Waals surface area contributed by atoms with Gasteiger partial charge in [-0.05, 0) is 0 Å². The number of rotatable bonds is 10. The molecule has 2 nitrogen and oxygen atoms in total. The summed E-state index contributed by atoms with van der Waals surface area (Å²) in [4.78, 5) is 4.47. The van der Waals surface area contributed by atoms with E-state index in [1.165, 1.54) is 11.1 Å². The van der Waals surface area contributed by atoms with Gasteiger partial charge in [-0.15, -0.1) is 0 Å². The molecule has 0 heterocycles. The van der Waals surface area contributed by atoms with Crippen molar-refractivity contribution in [2.45, 2.75) is 8.87 Å². The van der Waals surface area contributed by atoms with E-state index in [0.717, 1.165) is 40.3 Å². The molecule has 0 N–H and O–H groups in total. The SMILES string of the molecule is S=C([S][Sn]([CH2]c1ccccc1)([CH2]c1ccccc1)[S]C(=S)N(c1ccccc1)c1ccccc1)N(c1ccccc1)c1ccccc1. The van der Waals surface area contributed by atoms with E-state index >= 15 is 0 Å². The number of nitrogens with zero attached hydrogens (tertiary/aromatic N) is 2. The van der Waals surface area contributed by atoms with Gasteiger partial charge in [-0.25, -0.2) is 0 Å². The molecule has 0 spiro atoms. The van der Waals surface area contributed by atoms with Gasteiger partial charge in [0.1, 0.15) is 0 Å². The Labute approximate surface area is 298 Å². The third-order valence-electron chi connectivity index (χ3n) is 7.60. The third kappa shape index (κ3) is 8.94. The van der Waals surface area contributed by atoms with E-state index < -0.39 is 15.6 Å². The van der Waals surface area contributed by atoms with Gasteiger partial charge in [0.15, 0.2) is 0 Å². The molecule has 6 rings (SSSR count). The second-order valence-corrected chi connectivity index (χ2v) is 36.4. The van der Waals surface area contributed by atoms with Crippen LogP contribution in [0.5, 0.6) is 0 Å². The summed E-state index contributed by atoms with van der Waals surface area (Å²) >= 11 is 9.33. The van der Waals surface area contributed by atoms with Crippen LogP contribution in [0.1, 0.15) is 11.1 Å². The first-order chi connectivity index (χ1) is 23.1. The summed E-state index contributed by atoms with van der Waals surface area (Å²) in [5, 5.41) is 0. The standard InChI is InChI=1S/2C13H11NS2.2C7H7.Sn/c2*15-13(16)14(11-7-3-1-4-8-11)12-9-5-2-6-10-12;2*1-7-5-3-2-4-6-7;/h2*1-10H,(H,15,16);2*2-6H,1H2;/q;;;;+2/p-2. The molecule has 0 unspecified atom stereocenters. The molecule has 7 heteroatoms. The third-order valence-corrected chi connectivity index (χ3v) is 34.8. The Morgan fingerprint density at radius 1 is 0.383 bits per heavy atom. The molecule has 0 radical (unpaired) electrons. The van der Waals surface area contributed by atoms with Gasteiger partial charge in [-0.2, -0.15) is 0 Å². The zero-order valence-corrected chi connectivity index (χ0v) is 31.9. The molecule has 0 saturated carbocycles. The van der Waals surface area contributed by atoms with Gasteiger partial charge in [0.25, 0.3) is 0 Å². The van der Waals surface area contributed by atoms with Crippen molar-refractivity contribution in [3.8, 4) is 0 Å². The van der Waals surface area contributed by atoms with Gasteiger partial charge in [0.2, 0.25) is 0 Å². The quantitative estimate of drug-likeness (QED) is 0.100. The molecule has 0 aliphatic heterocycles. The maximum atomic E-state index is 6.50. The Kier molecular flexibility index (Phi) is 11.8. The molecule has 6 aromatic carbocycles. The molecule has 6 aromatic rings. The minimum absolute atomic E-state index is 0.853. The van der Waals surface area contributed by atoms with E-state index in [1.807, 2.05) is 42.2 Å². The summed E-state index contributed by atoms with van der Waals surface area (Å²) in [6, 6.07) is 63.6. The van der Waals surface area contributed by atoms with Gasteiger partial charge in [-0.1, -0.05) is 0 Å². The van der Waals surface area contributed by atoms with Crippen LogP contribution in [0.15, 0.2) is 182 Å². The van der Waals surface area contributed by atoms with Crippen molar-refractivity contribution in [3.63, 3.8) is 0 Å². The average Bonchev–Trinajstić information content (AvgIpc) is 3.11. The first-order valence-electron chi connectivity index (χ1n) is 15.4. The van der Waals surface area contributed by atoms with Gasteiger partial charge in [-0.3, -0.25) is 0 Å². The first kappa shape index (κ1) is 33.5. The Bertz CT molecular complexity index is 1640. The van der Waals surface area contributed by atoms with E-state index in [-0.39, 0.29) is 0 Å². The fraction of sp³-hybridized carbons (Fsp3) is 0.0500. The topological polar surface area (TPSA) is 6.48 Å². The van der Waals surface area contributed by atoms with Crippen LogP contribution in [0, 0.1) is 0 Å². The van der Waals surface area contributed by atoms with Crippen LogP contribution in [0.3, 0.4) is 0 Å². The summed E-state index contributed by atoms with van der Waals surface area (Å²) in [5.41, 5.74) is 6.86. The van der Waals surface area contributed by atoms with Crippen molar-refractivity contribution >= 4 is 89.3 Å². The predicted octanol–water partition coefficient (Wildman–Crippen LogP) is 11.7. The van der Waals surface area contributed by atoms with Crippen LogP contribution in [0.2, 0.25) is 0 Å². The van der Waals surface area contributed by atoms with E-state index in [1.54, 1.807) is 0 Å². The molecule has 0 fully saturated rings. The molecule has 0 aliphatic carbocycles. The predicted molar refractivity (Wildman–Crippen MR) is 216 cm³/mol. The van der Waals surface area contributed by atoms with Crippen LogP contribution in [-0.4, -0.2) is 24.3 Å². The summed E-state index contributed by atoms with van der Waals surface area (Å²) in [6.45, 7) is 0. The van der Waals surface area contributed by atoms with Crippen molar-refractivity contribution in [1.82, 2.24) is 0 Å². The molecule has 0 bridgehead atoms. The van der Waals surface area contributed by atoms with Crippen molar-refractivity contribution in [2.75, 3.05) is 9.80 Å². The van der Waals surface area contributed by atoms with Gasteiger partial charge >= 0.3 is 301 Å². The number of anilines is 4. The summed E-state index contributed by atoms with van der Waals surface area (Å²) in [6.07, 6.45) is 0. The second kappa shape index (κ2) is 16.6. The Balaban J connectivity index is 1.46. The van der Waals surface area contributed by atoms with Crippen molar-refractivity contribution in [1.29, 1.82) is 0 Å². The normalized spacial score (nSPS) is 11.1. The van der Waals surface area contributed by atoms with E-state index in [9.17, 15) is 0 Å². The molecular formula is C40H34N2S4Sn. The Morgan fingerprint density at radius 2 is 0.617 bits per heavy atom. The first-order valence-corrected chi connectivity index (χ1v) is 28.9. The van der Waals surface area contributed by atoms with Gasteiger partial charge in [0.05, 0.1) is 0 Å². The molecular weight excluding hydrogens is 755 g/mol. The number of benzene rings is 6. The number of thiocarbonyl (C=S) groups is 2. The molecule has 0 amide bonds. The Morgan fingerprint density at radius 3 is 0.872 bits per heavy atom. The fourth-order valence-electron chi connectivity index (χ4n) is 5.48. The van der Waals surface area contributed by atoms with E-state index in [4.69, 9.17) is 24.4 Å². The van der Waals surface area contributed by atoms with Crippen LogP contribution < -0.4 is 9.80 Å². The van der Waals surface area contributed by atoms with Crippen LogP contribution in [0.25, 0.3) is 0 Å². The average molecular weight is 790 g/mol. The zero-order chi connectivity index (χ0) is 32.3. The molecule has 232 valence electrons. The zero-order valence-electron chi connectivity index (χ0n) is 25.8.